The van der Waals surface area contributed by atoms with Gasteiger partial charge in [-0.3, -0.25) is 0 Å². The van der Waals surface area contributed by atoms with Gasteiger partial charge in [0, 0.05) is 41.3 Å². The van der Waals surface area contributed by atoms with Crippen LogP contribution in [-0.2, 0) is 0 Å². The molecule has 2 atom stereocenters. The molecule has 0 aromatic heterocycles. The Morgan fingerprint density at radius 3 is 2.39 bits per heavy atom. The fourth-order valence-electron chi connectivity index (χ4n) is 4.51. The third-order valence-corrected chi connectivity index (χ3v) is 6.44. The van der Waals surface area contributed by atoms with Crippen molar-refractivity contribution < 1.29 is 4.74 Å². The smallest absolute Gasteiger partial charge is 0.213 e. The van der Waals surface area contributed by atoms with Gasteiger partial charge in [0.1, 0.15) is 5.75 Å². The molecule has 0 saturated carbocycles. The first-order chi connectivity index (χ1) is 15.2. The van der Waals surface area contributed by atoms with Crippen molar-refractivity contribution in [3.05, 3.63) is 94.5 Å². The number of benzene rings is 3. The summed E-state index contributed by atoms with van der Waals surface area (Å²) in [6.07, 6.45) is 0.589. The van der Waals surface area contributed by atoms with E-state index in [1.165, 1.54) is 11.3 Å². The van der Waals surface area contributed by atoms with Gasteiger partial charge >= 0.3 is 0 Å². The van der Waals surface area contributed by atoms with Crippen LogP contribution in [0.15, 0.2) is 77.9 Å². The first-order valence-corrected chi connectivity index (χ1v) is 11.3. The minimum Gasteiger partial charge on any atom is -0.464 e. The Morgan fingerprint density at radius 2 is 1.68 bits per heavy atom. The predicted octanol–water partition coefficient (Wildman–Crippen LogP) is 6.43. The zero-order chi connectivity index (χ0) is 21.4. The van der Waals surface area contributed by atoms with Crippen molar-refractivity contribution >= 4 is 23.0 Å². The molecule has 0 fully saturated rings. The molecule has 0 amide bonds. The molecule has 4 nitrogen and oxygen atoms in total. The van der Waals surface area contributed by atoms with Crippen LogP contribution in [0.1, 0.15) is 49.2 Å². The molecule has 5 heteroatoms. The van der Waals surface area contributed by atoms with Gasteiger partial charge in [-0.1, -0.05) is 54.1 Å². The zero-order valence-corrected chi connectivity index (χ0v) is 18.6. The Labute approximate surface area is 188 Å². The lowest BCUT2D eigenvalue weighted by atomic mass is 9.96. The Bertz CT molecular complexity index is 1090. The van der Waals surface area contributed by atoms with Gasteiger partial charge in [-0.05, 0) is 49.7 Å². The van der Waals surface area contributed by atoms with Crippen LogP contribution in [0.25, 0.3) is 0 Å². The number of fused-ring (bicyclic) bond motifs is 3. The topological polar surface area (TPSA) is 28.1 Å². The van der Waals surface area contributed by atoms with E-state index in [2.05, 4.69) is 66.2 Å². The lowest BCUT2D eigenvalue weighted by Gasteiger charge is -2.38. The number of hydrogen-bond donors (Lipinski definition) is 0. The van der Waals surface area contributed by atoms with Crippen LogP contribution in [0.3, 0.4) is 0 Å². The van der Waals surface area contributed by atoms with Crippen LogP contribution in [-0.4, -0.2) is 23.8 Å². The van der Waals surface area contributed by atoms with Crippen molar-refractivity contribution in [2.24, 2.45) is 5.10 Å². The highest BCUT2D eigenvalue weighted by atomic mass is 35.5. The highest BCUT2D eigenvalue weighted by molar-refractivity contribution is 6.30. The van der Waals surface area contributed by atoms with Crippen LogP contribution >= 0.6 is 11.6 Å². The molecule has 2 aliphatic heterocycles. The van der Waals surface area contributed by atoms with E-state index in [1.54, 1.807) is 0 Å². The highest BCUT2D eigenvalue weighted by Gasteiger charge is 2.40. The Kier molecular flexibility index (Phi) is 5.33. The fourth-order valence-corrected chi connectivity index (χ4v) is 4.64. The lowest BCUT2D eigenvalue weighted by Crippen LogP contribution is -2.33. The second-order valence-electron chi connectivity index (χ2n) is 7.93. The summed E-state index contributed by atoms with van der Waals surface area (Å²) in [6, 6.07) is 25.1. The Morgan fingerprint density at radius 1 is 0.968 bits per heavy atom. The van der Waals surface area contributed by atoms with Gasteiger partial charge in [-0.15, -0.1) is 0 Å². The monoisotopic (exact) mass is 431 g/mol. The molecule has 0 radical (unpaired) electrons. The zero-order valence-electron chi connectivity index (χ0n) is 17.8. The number of ether oxygens (including phenoxy) is 1. The van der Waals surface area contributed by atoms with Crippen molar-refractivity contribution in [3.63, 3.8) is 0 Å². The first kappa shape index (κ1) is 20.0. The molecule has 3 aromatic rings. The van der Waals surface area contributed by atoms with Gasteiger partial charge in [0.05, 0.1) is 11.8 Å². The van der Waals surface area contributed by atoms with E-state index >= 15 is 0 Å². The second-order valence-corrected chi connectivity index (χ2v) is 8.36. The summed E-state index contributed by atoms with van der Waals surface area (Å²) < 4.78 is 6.47. The molecule has 0 spiro atoms. The quantitative estimate of drug-likeness (QED) is 0.466. The SMILES string of the molecule is CCN(CC)c1ccc([C@@H]2Oc3ccccc3[C@H]3CC(c4ccc(Cl)cc4)=NN32)cc1. The van der Waals surface area contributed by atoms with E-state index in [0.29, 0.717) is 0 Å². The van der Waals surface area contributed by atoms with Crippen molar-refractivity contribution in [2.45, 2.75) is 32.5 Å². The van der Waals surface area contributed by atoms with Gasteiger partial charge in [0.25, 0.3) is 0 Å². The molecule has 31 heavy (non-hydrogen) atoms. The molecular formula is C26H26ClN3O. The average Bonchev–Trinajstić information content (AvgIpc) is 3.26. The maximum Gasteiger partial charge on any atom is 0.213 e. The number of para-hydroxylation sites is 1. The maximum absolute atomic E-state index is 6.47. The summed E-state index contributed by atoms with van der Waals surface area (Å²) in [5.74, 6) is 0.939. The van der Waals surface area contributed by atoms with E-state index in [0.717, 1.165) is 47.1 Å². The minimum absolute atomic E-state index is 0.156. The molecule has 0 N–H and O–H groups in total. The van der Waals surface area contributed by atoms with Crippen LogP contribution < -0.4 is 9.64 Å². The van der Waals surface area contributed by atoms with Gasteiger partial charge in [0.15, 0.2) is 0 Å². The summed E-state index contributed by atoms with van der Waals surface area (Å²) in [5, 5.41) is 7.89. The first-order valence-electron chi connectivity index (χ1n) is 10.9. The third-order valence-electron chi connectivity index (χ3n) is 6.18. The molecule has 2 aliphatic rings. The summed E-state index contributed by atoms with van der Waals surface area (Å²) >= 11 is 6.09. The minimum atomic E-state index is -0.254. The normalized spacial score (nSPS) is 19.3. The maximum atomic E-state index is 6.47. The van der Waals surface area contributed by atoms with Crippen LogP contribution in [0, 0.1) is 0 Å². The van der Waals surface area contributed by atoms with Gasteiger partial charge < -0.3 is 9.64 Å². The van der Waals surface area contributed by atoms with E-state index in [4.69, 9.17) is 21.4 Å². The third kappa shape index (κ3) is 3.66. The second kappa shape index (κ2) is 8.27. The number of anilines is 1. The van der Waals surface area contributed by atoms with Crippen LogP contribution in [0.4, 0.5) is 5.69 Å². The Balaban J connectivity index is 1.52. The summed E-state index contributed by atoms with van der Waals surface area (Å²) in [4.78, 5) is 2.34. The molecule has 0 saturated heterocycles. The summed E-state index contributed by atoms with van der Waals surface area (Å²) in [6.45, 7) is 6.35. The summed E-state index contributed by atoms with van der Waals surface area (Å²) in [7, 11) is 0. The van der Waals surface area contributed by atoms with Crippen LogP contribution in [0.2, 0.25) is 5.02 Å². The van der Waals surface area contributed by atoms with Crippen molar-refractivity contribution in [1.82, 2.24) is 5.01 Å². The molecule has 0 aliphatic carbocycles. The van der Waals surface area contributed by atoms with Gasteiger partial charge in [-0.25, -0.2) is 5.01 Å². The Hall–Kier alpha value is -2.98. The lowest BCUT2D eigenvalue weighted by molar-refractivity contribution is -0.0190. The highest BCUT2D eigenvalue weighted by Crippen LogP contribution is 2.47. The fraction of sp³-hybridized carbons (Fsp3) is 0.269. The van der Waals surface area contributed by atoms with Gasteiger partial charge in [-0.2, -0.15) is 5.10 Å². The molecule has 2 heterocycles. The van der Waals surface area contributed by atoms with E-state index in [1.807, 2.05) is 30.3 Å². The predicted molar refractivity (Wildman–Crippen MR) is 127 cm³/mol. The van der Waals surface area contributed by atoms with Crippen LogP contribution in [0.5, 0.6) is 5.75 Å². The standard InChI is InChI=1S/C26H26ClN3O/c1-3-29(4-2)21-15-11-19(12-16-21)26-30-24(22-7-5-6-8-25(22)31-26)17-23(28-30)18-9-13-20(27)14-10-18/h5-16,24,26H,3-4,17H2,1-2H3/t24-,26+/m1/s1. The molecule has 0 unspecified atom stereocenters. The molecule has 3 aromatic carbocycles. The number of hydrazone groups is 1. The number of rotatable bonds is 5. The molecule has 5 rings (SSSR count). The molecule has 0 bridgehead atoms. The van der Waals surface area contributed by atoms with E-state index < -0.39 is 0 Å². The number of halogens is 1. The van der Waals surface area contributed by atoms with E-state index in [9.17, 15) is 0 Å². The molecular weight excluding hydrogens is 406 g/mol. The van der Waals surface area contributed by atoms with E-state index in [-0.39, 0.29) is 12.3 Å². The number of nitrogens with zero attached hydrogens (tertiary/aromatic N) is 3. The summed E-state index contributed by atoms with van der Waals surface area (Å²) in [5.41, 5.74) is 5.69. The largest absolute Gasteiger partial charge is 0.464 e. The van der Waals surface area contributed by atoms with Gasteiger partial charge in [0.2, 0.25) is 6.23 Å². The average molecular weight is 432 g/mol. The number of hydrogen-bond acceptors (Lipinski definition) is 4. The van der Waals surface area contributed by atoms with Crippen molar-refractivity contribution in [2.75, 3.05) is 18.0 Å². The van der Waals surface area contributed by atoms with Crippen molar-refractivity contribution in [1.29, 1.82) is 0 Å². The molecule has 158 valence electrons. The van der Waals surface area contributed by atoms with Crippen molar-refractivity contribution in [3.8, 4) is 5.75 Å².